The van der Waals surface area contributed by atoms with E-state index < -0.39 is 17.3 Å². The van der Waals surface area contributed by atoms with Crippen LogP contribution < -0.4 is 0 Å². The lowest BCUT2D eigenvalue weighted by molar-refractivity contribution is -0.128. The van der Waals surface area contributed by atoms with Gasteiger partial charge in [0.2, 0.25) is 5.78 Å². The Morgan fingerprint density at radius 2 is 2.24 bits per heavy atom. The SMILES string of the molecule is CC(C)(C)OC(=O)N1CCC2(C1)OC=CC2=O. The Morgan fingerprint density at radius 1 is 1.53 bits per heavy atom. The fourth-order valence-corrected chi connectivity index (χ4v) is 2.00. The molecule has 0 bridgehead atoms. The first kappa shape index (κ1) is 12.0. The van der Waals surface area contributed by atoms with Gasteiger partial charge < -0.3 is 14.4 Å². The van der Waals surface area contributed by atoms with E-state index in [0.717, 1.165) is 0 Å². The van der Waals surface area contributed by atoms with Crippen LogP contribution in [-0.2, 0) is 14.3 Å². The van der Waals surface area contributed by atoms with Crippen molar-refractivity contribution in [3.8, 4) is 0 Å². The molecular formula is C12H17NO4. The van der Waals surface area contributed by atoms with Crippen LogP contribution in [0.25, 0.3) is 0 Å². The van der Waals surface area contributed by atoms with E-state index in [-0.39, 0.29) is 12.3 Å². The third-order valence-corrected chi connectivity index (χ3v) is 2.85. The topological polar surface area (TPSA) is 55.8 Å². The smallest absolute Gasteiger partial charge is 0.410 e. The van der Waals surface area contributed by atoms with Gasteiger partial charge in [-0.2, -0.15) is 0 Å². The Labute approximate surface area is 100 Å². The van der Waals surface area contributed by atoms with Crippen LogP contribution in [0.1, 0.15) is 27.2 Å². The van der Waals surface area contributed by atoms with Crippen LogP contribution in [0.15, 0.2) is 12.3 Å². The summed E-state index contributed by atoms with van der Waals surface area (Å²) in [7, 11) is 0. The summed E-state index contributed by atoms with van der Waals surface area (Å²) in [6.45, 7) is 6.20. The normalized spacial score (nSPS) is 27.7. The van der Waals surface area contributed by atoms with E-state index in [9.17, 15) is 9.59 Å². The molecule has 0 radical (unpaired) electrons. The van der Waals surface area contributed by atoms with Crippen molar-refractivity contribution in [3.05, 3.63) is 12.3 Å². The van der Waals surface area contributed by atoms with Crippen LogP contribution in [0.4, 0.5) is 4.79 Å². The number of hydrogen-bond acceptors (Lipinski definition) is 4. The van der Waals surface area contributed by atoms with Gasteiger partial charge in [-0.3, -0.25) is 4.79 Å². The van der Waals surface area contributed by atoms with Crippen LogP contribution in [0.3, 0.4) is 0 Å². The Morgan fingerprint density at radius 3 is 2.76 bits per heavy atom. The van der Waals surface area contributed by atoms with Crippen molar-refractivity contribution >= 4 is 11.9 Å². The van der Waals surface area contributed by atoms with Crippen molar-refractivity contribution in [3.63, 3.8) is 0 Å². The molecule has 0 aromatic rings. The van der Waals surface area contributed by atoms with Crippen LogP contribution in [0.5, 0.6) is 0 Å². The summed E-state index contributed by atoms with van der Waals surface area (Å²) in [5.74, 6) is -0.0661. The van der Waals surface area contributed by atoms with Gasteiger partial charge in [-0.1, -0.05) is 0 Å². The maximum atomic E-state index is 11.8. The lowest BCUT2D eigenvalue weighted by Gasteiger charge is -2.25. The predicted molar refractivity (Wildman–Crippen MR) is 60.4 cm³/mol. The molecule has 1 amide bonds. The highest BCUT2D eigenvalue weighted by atomic mass is 16.6. The maximum absolute atomic E-state index is 11.8. The van der Waals surface area contributed by atoms with Gasteiger partial charge in [-0.15, -0.1) is 0 Å². The van der Waals surface area contributed by atoms with Gasteiger partial charge in [-0.25, -0.2) is 4.79 Å². The van der Waals surface area contributed by atoms with Gasteiger partial charge in [-0.05, 0) is 20.8 Å². The molecule has 0 aromatic carbocycles. The molecule has 94 valence electrons. The highest BCUT2D eigenvalue weighted by Gasteiger charge is 2.49. The van der Waals surface area contributed by atoms with Gasteiger partial charge in [0.1, 0.15) is 5.60 Å². The predicted octanol–water partition coefficient (Wildman–Crippen LogP) is 1.48. The first-order valence-corrected chi connectivity index (χ1v) is 5.69. The minimum Gasteiger partial charge on any atom is -0.485 e. The number of hydrogen-bond donors (Lipinski definition) is 0. The Bertz CT molecular complexity index is 382. The summed E-state index contributed by atoms with van der Waals surface area (Å²) in [6, 6.07) is 0. The largest absolute Gasteiger partial charge is 0.485 e. The average molecular weight is 239 g/mol. The van der Waals surface area contributed by atoms with Crippen molar-refractivity contribution in [1.82, 2.24) is 4.90 Å². The van der Waals surface area contributed by atoms with Crippen LogP contribution in [-0.4, -0.2) is 41.1 Å². The molecule has 1 atom stereocenters. The highest BCUT2D eigenvalue weighted by Crippen LogP contribution is 2.31. The molecule has 0 saturated carbocycles. The molecule has 1 saturated heterocycles. The Hall–Kier alpha value is -1.52. The summed E-state index contributed by atoms with van der Waals surface area (Å²) in [5.41, 5.74) is -1.37. The van der Waals surface area contributed by atoms with E-state index in [1.807, 2.05) is 20.8 Å². The van der Waals surface area contributed by atoms with E-state index in [0.29, 0.717) is 13.0 Å². The molecule has 2 rings (SSSR count). The molecule has 1 fully saturated rings. The van der Waals surface area contributed by atoms with Crippen LogP contribution in [0, 0.1) is 0 Å². The molecule has 0 aliphatic carbocycles. The molecule has 0 aromatic heterocycles. The summed E-state index contributed by atoms with van der Waals surface area (Å²) in [4.78, 5) is 25.0. The number of likely N-dealkylation sites (tertiary alicyclic amines) is 1. The summed E-state index contributed by atoms with van der Waals surface area (Å²) < 4.78 is 10.6. The second-order valence-corrected chi connectivity index (χ2v) is 5.43. The van der Waals surface area contributed by atoms with E-state index in [1.165, 1.54) is 17.2 Å². The van der Waals surface area contributed by atoms with E-state index in [2.05, 4.69) is 0 Å². The third-order valence-electron chi connectivity index (χ3n) is 2.85. The lowest BCUT2D eigenvalue weighted by atomic mass is 9.99. The number of ketones is 1. The van der Waals surface area contributed by atoms with Gasteiger partial charge in [0.25, 0.3) is 0 Å². The molecule has 2 aliphatic rings. The van der Waals surface area contributed by atoms with Crippen molar-refractivity contribution < 1.29 is 19.1 Å². The first-order valence-electron chi connectivity index (χ1n) is 5.69. The molecule has 5 heteroatoms. The monoisotopic (exact) mass is 239 g/mol. The van der Waals surface area contributed by atoms with Gasteiger partial charge in [0.15, 0.2) is 5.60 Å². The number of rotatable bonds is 0. The Balaban J connectivity index is 1.99. The number of ether oxygens (including phenoxy) is 2. The standard InChI is InChI=1S/C12H17NO4/c1-11(2,3)17-10(15)13-6-5-12(8-13)9(14)4-7-16-12/h4,7H,5-6,8H2,1-3H3. The maximum Gasteiger partial charge on any atom is 0.410 e. The van der Waals surface area contributed by atoms with E-state index in [4.69, 9.17) is 9.47 Å². The van der Waals surface area contributed by atoms with E-state index in [1.54, 1.807) is 0 Å². The number of carbonyl (C=O) groups is 2. The van der Waals surface area contributed by atoms with Crippen molar-refractivity contribution in [1.29, 1.82) is 0 Å². The zero-order valence-corrected chi connectivity index (χ0v) is 10.4. The third kappa shape index (κ3) is 2.28. The minimum atomic E-state index is -0.850. The molecule has 5 nitrogen and oxygen atoms in total. The summed E-state index contributed by atoms with van der Waals surface area (Å²) in [5, 5.41) is 0. The minimum absolute atomic E-state index is 0.0661. The highest BCUT2D eigenvalue weighted by molar-refractivity contribution is 5.99. The number of carbonyl (C=O) groups excluding carboxylic acids is 2. The fraction of sp³-hybridized carbons (Fsp3) is 0.667. The quantitative estimate of drug-likeness (QED) is 0.642. The molecule has 1 spiro atoms. The van der Waals surface area contributed by atoms with Crippen molar-refractivity contribution in [2.45, 2.75) is 38.4 Å². The number of nitrogens with zero attached hydrogens (tertiary/aromatic N) is 1. The first-order chi connectivity index (χ1) is 7.82. The lowest BCUT2D eigenvalue weighted by Crippen LogP contribution is -2.42. The molecule has 2 heterocycles. The average Bonchev–Trinajstić information content (AvgIpc) is 2.74. The van der Waals surface area contributed by atoms with Gasteiger partial charge in [0.05, 0.1) is 12.8 Å². The Kier molecular flexibility index (Phi) is 2.64. The molecule has 2 aliphatic heterocycles. The zero-order chi connectivity index (χ0) is 12.7. The van der Waals surface area contributed by atoms with Gasteiger partial charge in [0, 0.05) is 19.0 Å². The van der Waals surface area contributed by atoms with E-state index >= 15 is 0 Å². The second kappa shape index (κ2) is 3.75. The molecule has 1 unspecified atom stereocenters. The van der Waals surface area contributed by atoms with Crippen LogP contribution in [0.2, 0.25) is 0 Å². The van der Waals surface area contributed by atoms with Crippen molar-refractivity contribution in [2.75, 3.05) is 13.1 Å². The second-order valence-electron chi connectivity index (χ2n) is 5.43. The van der Waals surface area contributed by atoms with Crippen molar-refractivity contribution in [2.24, 2.45) is 0 Å². The number of amides is 1. The molecule has 17 heavy (non-hydrogen) atoms. The summed E-state index contributed by atoms with van der Waals surface area (Å²) >= 11 is 0. The fourth-order valence-electron chi connectivity index (χ4n) is 2.00. The van der Waals surface area contributed by atoms with Crippen LogP contribution >= 0.6 is 0 Å². The molecule has 0 N–H and O–H groups in total. The van der Waals surface area contributed by atoms with Gasteiger partial charge >= 0.3 is 6.09 Å². The summed E-state index contributed by atoms with van der Waals surface area (Å²) in [6.07, 6.45) is 2.95. The molecular weight excluding hydrogens is 222 g/mol. The zero-order valence-electron chi connectivity index (χ0n) is 10.4.